The zero-order valence-electron chi connectivity index (χ0n) is 12.2. The molecule has 0 radical (unpaired) electrons. The molecule has 5 heteroatoms. The molecule has 0 aliphatic rings. The third kappa shape index (κ3) is 2.81. The summed E-state index contributed by atoms with van der Waals surface area (Å²) in [5.74, 6) is 0. The van der Waals surface area contributed by atoms with E-state index in [0.717, 1.165) is 34.4 Å². The molecule has 1 aromatic carbocycles. The van der Waals surface area contributed by atoms with Crippen LogP contribution < -0.4 is 11.1 Å². The van der Waals surface area contributed by atoms with E-state index in [1.807, 2.05) is 37.8 Å². The standard InChI is InChI=1S/C16H19N5/c1-11-7-13-14(8-19-11)15(17)3-4-16(13)20-12(2)9-21-6-5-18-10-21/h3-8,10,12,20H,9,17H2,1-2H3. The van der Waals surface area contributed by atoms with E-state index in [1.165, 1.54) is 0 Å². The monoisotopic (exact) mass is 281 g/mol. The number of nitrogens with zero attached hydrogens (tertiary/aromatic N) is 3. The number of aromatic nitrogens is 3. The largest absolute Gasteiger partial charge is 0.398 e. The molecule has 3 rings (SSSR count). The number of imidazole rings is 1. The Labute approximate surface area is 123 Å². The second-order valence-electron chi connectivity index (χ2n) is 5.38. The Bertz CT molecular complexity index is 749. The molecule has 0 saturated heterocycles. The zero-order chi connectivity index (χ0) is 14.8. The van der Waals surface area contributed by atoms with Crippen LogP contribution in [0.1, 0.15) is 12.6 Å². The summed E-state index contributed by atoms with van der Waals surface area (Å²) in [6.07, 6.45) is 7.42. The van der Waals surface area contributed by atoms with Crippen LogP contribution in [0.2, 0.25) is 0 Å². The fraction of sp³-hybridized carbons (Fsp3) is 0.250. The van der Waals surface area contributed by atoms with Crippen molar-refractivity contribution in [3.05, 3.63) is 48.8 Å². The number of nitrogens with one attached hydrogen (secondary N) is 1. The second-order valence-corrected chi connectivity index (χ2v) is 5.38. The summed E-state index contributed by atoms with van der Waals surface area (Å²) < 4.78 is 2.06. The molecule has 0 saturated carbocycles. The van der Waals surface area contributed by atoms with Crippen molar-refractivity contribution in [3.8, 4) is 0 Å². The second kappa shape index (κ2) is 5.44. The quantitative estimate of drug-likeness (QED) is 0.722. The molecule has 3 N–H and O–H groups in total. The predicted molar refractivity (Wildman–Crippen MR) is 86.2 cm³/mol. The molecule has 1 unspecified atom stereocenters. The Morgan fingerprint density at radius 3 is 2.95 bits per heavy atom. The average Bonchev–Trinajstić information content (AvgIpc) is 2.95. The smallest absolute Gasteiger partial charge is 0.0946 e. The van der Waals surface area contributed by atoms with Gasteiger partial charge in [-0.2, -0.15) is 0 Å². The maximum Gasteiger partial charge on any atom is 0.0946 e. The van der Waals surface area contributed by atoms with Crippen LogP contribution in [0.25, 0.3) is 10.8 Å². The number of hydrogen-bond acceptors (Lipinski definition) is 4. The lowest BCUT2D eigenvalue weighted by Gasteiger charge is -2.18. The van der Waals surface area contributed by atoms with Crippen molar-refractivity contribution >= 4 is 22.1 Å². The first kappa shape index (κ1) is 13.4. The highest BCUT2D eigenvalue weighted by atomic mass is 15.1. The number of pyridine rings is 1. The van der Waals surface area contributed by atoms with Crippen molar-refractivity contribution in [2.24, 2.45) is 0 Å². The van der Waals surface area contributed by atoms with Crippen LogP contribution in [0.5, 0.6) is 0 Å². The molecule has 3 aromatic rings. The molecule has 0 spiro atoms. The van der Waals surface area contributed by atoms with Crippen LogP contribution >= 0.6 is 0 Å². The van der Waals surface area contributed by atoms with Gasteiger partial charge in [-0.1, -0.05) is 0 Å². The van der Waals surface area contributed by atoms with Crippen LogP contribution in [0, 0.1) is 6.92 Å². The summed E-state index contributed by atoms with van der Waals surface area (Å²) in [6, 6.07) is 6.30. The third-order valence-electron chi connectivity index (χ3n) is 3.52. The summed E-state index contributed by atoms with van der Waals surface area (Å²) in [7, 11) is 0. The van der Waals surface area contributed by atoms with Gasteiger partial charge in [0, 0.05) is 59.0 Å². The SMILES string of the molecule is Cc1cc2c(NC(C)Cn3ccnc3)ccc(N)c2cn1. The van der Waals surface area contributed by atoms with E-state index in [9.17, 15) is 0 Å². The van der Waals surface area contributed by atoms with E-state index >= 15 is 0 Å². The first-order valence-electron chi connectivity index (χ1n) is 7.00. The normalized spacial score (nSPS) is 12.5. The minimum absolute atomic E-state index is 0.277. The van der Waals surface area contributed by atoms with Gasteiger partial charge in [0.05, 0.1) is 6.33 Å². The highest BCUT2D eigenvalue weighted by Gasteiger charge is 2.08. The van der Waals surface area contributed by atoms with Crippen molar-refractivity contribution in [3.63, 3.8) is 0 Å². The van der Waals surface area contributed by atoms with Gasteiger partial charge in [-0.05, 0) is 32.0 Å². The van der Waals surface area contributed by atoms with Gasteiger partial charge in [-0.15, -0.1) is 0 Å². The molecule has 5 nitrogen and oxygen atoms in total. The van der Waals surface area contributed by atoms with Gasteiger partial charge >= 0.3 is 0 Å². The minimum Gasteiger partial charge on any atom is -0.398 e. The summed E-state index contributed by atoms with van der Waals surface area (Å²) in [6.45, 7) is 4.99. The Kier molecular flexibility index (Phi) is 3.48. The lowest BCUT2D eigenvalue weighted by Crippen LogP contribution is -2.21. The lowest BCUT2D eigenvalue weighted by molar-refractivity contribution is 0.619. The molecule has 21 heavy (non-hydrogen) atoms. The van der Waals surface area contributed by atoms with Crippen LogP contribution in [0.3, 0.4) is 0 Å². The molecular formula is C16H19N5. The summed E-state index contributed by atoms with van der Waals surface area (Å²) in [4.78, 5) is 8.39. The highest BCUT2D eigenvalue weighted by Crippen LogP contribution is 2.28. The van der Waals surface area contributed by atoms with E-state index in [2.05, 4.69) is 32.8 Å². The third-order valence-corrected chi connectivity index (χ3v) is 3.52. The fourth-order valence-electron chi connectivity index (χ4n) is 2.51. The van der Waals surface area contributed by atoms with Crippen LogP contribution in [0.15, 0.2) is 43.1 Å². The van der Waals surface area contributed by atoms with E-state index in [0.29, 0.717) is 0 Å². The van der Waals surface area contributed by atoms with Crippen molar-refractivity contribution in [1.82, 2.24) is 14.5 Å². The Morgan fingerprint density at radius 2 is 2.19 bits per heavy atom. The topological polar surface area (TPSA) is 68.8 Å². The summed E-state index contributed by atoms with van der Waals surface area (Å²) >= 11 is 0. The molecular weight excluding hydrogens is 262 g/mol. The molecule has 108 valence electrons. The van der Waals surface area contributed by atoms with Gasteiger partial charge in [0.25, 0.3) is 0 Å². The van der Waals surface area contributed by atoms with Crippen molar-refractivity contribution in [2.75, 3.05) is 11.1 Å². The van der Waals surface area contributed by atoms with Crippen molar-refractivity contribution < 1.29 is 0 Å². The molecule has 0 fully saturated rings. The number of hydrogen-bond donors (Lipinski definition) is 2. The van der Waals surface area contributed by atoms with Gasteiger partial charge in [-0.3, -0.25) is 4.98 Å². The number of aryl methyl sites for hydroxylation is 1. The Hall–Kier alpha value is -2.56. The lowest BCUT2D eigenvalue weighted by atomic mass is 10.1. The van der Waals surface area contributed by atoms with Crippen molar-refractivity contribution in [1.29, 1.82) is 0 Å². The maximum atomic E-state index is 6.04. The van der Waals surface area contributed by atoms with Crippen LogP contribution in [0.4, 0.5) is 11.4 Å². The Morgan fingerprint density at radius 1 is 1.33 bits per heavy atom. The van der Waals surface area contributed by atoms with E-state index < -0.39 is 0 Å². The van der Waals surface area contributed by atoms with E-state index in [4.69, 9.17) is 5.73 Å². The van der Waals surface area contributed by atoms with Gasteiger partial charge in [-0.25, -0.2) is 4.98 Å². The van der Waals surface area contributed by atoms with E-state index in [-0.39, 0.29) is 6.04 Å². The number of nitrogens with two attached hydrogens (primary N) is 1. The molecule has 0 bridgehead atoms. The first-order valence-corrected chi connectivity index (χ1v) is 7.00. The number of fused-ring (bicyclic) bond motifs is 1. The summed E-state index contributed by atoms with van der Waals surface area (Å²) in [5.41, 5.74) is 8.86. The molecule has 0 amide bonds. The minimum atomic E-state index is 0.277. The summed E-state index contributed by atoms with van der Waals surface area (Å²) in [5, 5.41) is 5.64. The molecule has 0 aliphatic heterocycles. The van der Waals surface area contributed by atoms with Gasteiger partial charge in [0.2, 0.25) is 0 Å². The van der Waals surface area contributed by atoms with E-state index in [1.54, 1.807) is 6.20 Å². The zero-order valence-corrected chi connectivity index (χ0v) is 12.2. The van der Waals surface area contributed by atoms with Crippen molar-refractivity contribution in [2.45, 2.75) is 26.4 Å². The Balaban J connectivity index is 1.89. The first-order chi connectivity index (χ1) is 10.1. The molecule has 0 aliphatic carbocycles. The van der Waals surface area contributed by atoms with Gasteiger partial charge in [0.15, 0.2) is 0 Å². The van der Waals surface area contributed by atoms with Crippen LogP contribution in [-0.4, -0.2) is 20.6 Å². The number of anilines is 2. The molecule has 1 atom stereocenters. The highest BCUT2D eigenvalue weighted by molar-refractivity contribution is 6.00. The van der Waals surface area contributed by atoms with Crippen LogP contribution in [-0.2, 0) is 6.54 Å². The number of nitrogen functional groups attached to an aromatic ring is 1. The fourth-order valence-corrected chi connectivity index (χ4v) is 2.51. The average molecular weight is 281 g/mol. The number of rotatable bonds is 4. The molecule has 2 aromatic heterocycles. The molecule has 2 heterocycles. The number of benzene rings is 1. The maximum absolute atomic E-state index is 6.04. The van der Waals surface area contributed by atoms with Gasteiger partial charge < -0.3 is 15.6 Å². The van der Waals surface area contributed by atoms with Gasteiger partial charge in [0.1, 0.15) is 0 Å². The predicted octanol–water partition coefficient (Wildman–Crippen LogP) is 2.82.